The third kappa shape index (κ3) is 6.04. The highest BCUT2D eigenvalue weighted by molar-refractivity contribution is 6.03. The number of halogens is 1. The van der Waals surface area contributed by atoms with Crippen LogP contribution in [0, 0.1) is 12.7 Å². The molecule has 3 rings (SSSR count). The minimum Gasteiger partial charge on any atom is -0.322 e. The monoisotopic (exact) mass is 389 g/mol. The molecular weight excluding hydrogens is 369 g/mol. The Labute approximate surface area is 168 Å². The van der Waals surface area contributed by atoms with Crippen molar-refractivity contribution in [2.75, 3.05) is 16.0 Å². The summed E-state index contributed by atoms with van der Waals surface area (Å²) in [6, 6.07) is 19.8. The molecule has 0 aliphatic heterocycles. The molecule has 5 nitrogen and oxygen atoms in total. The third-order valence-corrected chi connectivity index (χ3v) is 4.08. The predicted molar refractivity (Wildman–Crippen MR) is 114 cm³/mol. The van der Waals surface area contributed by atoms with Crippen molar-refractivity contribution < 1.29 is 14.0 Å². The van der Waals surface area contributed by atoms with Crippen LogP contribution in [0.3, 0.4) is 0 Å². The summed E-state index contributed by atoms with van der Waals surface area (Å²) in [4.78, 5) is 24.3. The molecule has 3 aromatic rings. The average Bonchev–Trinajstić information content (AvgIpc) is 2.71. The first-order chi connectivity index (χ1) is 14.0. The van der Waals surface area contributed by atoms with E-state index in [1.54, 1.807) is 48.5 Å². The maximum Gasteiger partial charge on any atom is 0.323 e. The molecule has 0 aromatic heterocycles. The van der Waals surface area contributed by atoms with Crippen LogP contribution in [0.5, 0.6) is 0 Å². The Morgan fingerprint density at radius 3 is 2.24 bits per heavy atom. The fraction of sp³-hybridized carbons (Fsp3) is 0.0435. The van der Waals surface area contributed by atoms with E-state index in [-0.39, 0.29) is 17.8 Å². The number of anilines is 3. The fourth-order valence-corrected chi connectivity index (χ4v) is 2.57. The molecule has 0 heterocycles. The van der Waals surface area contributed by atoms with Crippen LogP contribution < -0.4 is 16.0 Å². The Morgan fingerprint density at radius 1 is 0.828 bits per heavy atom. The number of nitrogens with one attached hydrogen (secondary N) is 3. The highest BCUT2D eigenvalue weighted by Crippen LogP contribution is 2.21. The number of hydrogen-bond acceptors (Lipinski definition) is 2. The molecule has 6 heteroatoms. The van der Waals surface area contributed by atoms with Crippen LogP contribution >= 0.6 is 0 Å². The van der Waals surface area contributed by atoms with Crippen LogP contribution in [-0.2, 0) is 4.79 Å². The largest absolute Gasteiger partial charge is 0.323 e. The number of amides is 3. The Morgan fingerprint density at radius 2 is 1.52 bits per heavy atom. The second-order valence-corrected chi connectivity index (χ2v) is 6.35. The molecule has 3 amide bonds. The van der Waals surface area contributed by atoms with Crippen molar-refractivity contribution in [2.45, 2.75) is 6.92 Å². The van der Waals surface area contributed by atoms with Crippen LogP contribution in [0.1, 0.15) is 11.1 Å². The first-order valence-electron chi connectivity index (χ1n) is 8.98. The zero-order chi connectivity index (χ0) is 20.6. The van der Waals surface area contributed by atoms with Crippen molar-refractivity contribution in [1.29, 1.82) is 0 Å². The highest BCUT2D eigenvalue weighted by Gasteiger charge is 2.07. The molecule has 3 N–H and O–H groups in total. The maximum atomic E-state index is 12.9. The Kier molecular flexibility index (Phi) is 6.37. The van der Waals surface area contributed by atoms with Gasteiger partial charge in [0.2, 0.25) is 5.91 Å². The van der Waals surface area contributed by atoms with Crippen molar-refractivity contribution in [3.05, 3.63) is 95.8 Å². The van der Waals surface area contributed by atoms with Crippen molar-refractivity contribution in [3.8, 4) is 0 Å². The molecule has 29 heavy (non-hydrogen) atoms. The Balaban J connectivity index is 1.63. The van der Waals surface area contributed by atoms with E-state index in [2.05, 4.69) is 16.0 Å². The zero-order valence-corrected chi connectivity index (χ0v) is 15.8. The number of para-hydroxylation sites is 1. The van der Waals surface area contributed by atoms with Gasteiger partial charge in [-0.05, 0) is 60.5 Å². The van der Waals surface area contributed by atoms with Crippen LogP contribution in [0.2, 0.25) is 0 Å². The van der Waals surface area contributed by atoms with Gasteiger partial charge in [0.1, 0.15) is 5.82 Å². The fourth-order valence-electron chi connectivity index (χ4n) is 2.57. The molecule has 0 atom stereocenters. The van der Waals surface area contributed by atoms with E-state index < -0.39 is 0 Å². The molecule has 3 aromatic carbocycles. The van der Waals surface area contributed by atoms with E-state index in [0.717, 1.165) is 5.56 Å². The minimum atomic E-state index is -0.381. The predicted octanol–water partition coefficient (Wildman–Crippen LogP) is 5.43. The Hall–Kier alpha value is -3.93. The topological polar surface area (TPSA) is 70.2 Å². The lowest BCUT2D eigenvalue weighted by molar-refractivity contribution is -0.111. The lowest BCUT2D eigenvalue weighted by atomic mass is 10.1. The van der Waals surface area contributed by atoms with E-state index >= 15 is 0 Å². The van der Waals surface area contributed by atoms with Crippen LogP contribution in [-0.4, -0.2) is 11.9 Å². The van der Waals surface area contributed by atoms with Gasteiger partial charge in [-0.1, -0.05) is 36.4 Å². The molecule has 0 aliphatic rings. The summed E-state index contributed by atoms with van der Waals surface area (Å²) in [5, 5.41) is 8.26. The molecule has 146 valence electrons. The summed E-state index contributed by atoms with van der Waals surface area (Å²) in [6.45, 7) is 1.85. The normalized spacial score (nSPS) is 10.6. The van der Waals surface area contributed by atoms with Gasteiger partial charge >= 0.3 is 6.03 Å². The number of aryl methyl sites for hydroxylation is 1. The van der Waals surface area contributed by atoms with Crippen LogP contribution in [0.15, 0.2) is 78.9 Å². The van der Waals surface area contributed by atoms with E-state index in [4.69, 9.17) is 0 Å². The van der Waals surface area contributed by atoms with Gasteiger partial charge in [0.15, 0.2) is 0 Å². The SMILES string of the molecule is Cc1ccc(NC(=O)Nc2ccccc2)cc1NC(=O)/C=C/c1ccc(F)cc1. The van der Waals surface area contributed by atoms with Crippen LogP contribution in [0.25, 0.3) is 6.08 Å². The zero-order valence-electron chi connectivity index (χ0n) is 15.8. The number of carbonyl (C=O) groups excluding carboxylic acids is 2. The lowest BCUT2D eigenvalue weighted by Crippen LogP contribution is -2.19. The molecule has 0 saturated carbocycles. The number of urea groups is 1. The van der Waals surface area contributed by atoms with E-state index in [9.17, 15) is 14.0 Å². The maximum absolute atomic E-state index is 12.9. The molecule has 0 fully saturated rings. The van der Waals surface area contributed by atoms with Gasteiger partial charge in [-0.15, -0.1) is 0 Å². The van der Waals surface area contributed by atoms with Crippen molar-refractivity contribution in [1.82, 2.24) is 0 Å². The van der Waals surface area contributed by atoms with E-state index in [1.165, 1.54) is 18.2 Å². The molecular formula is C23H20FN3O2. The van der Waals surface area contributed by atoms with Gasteiger partial charge < -0.3 is 16.0 Å². The summed E-state index contributed by atoms with van der Waals surface area (Å²) in [5.74, 6) is -0.661. The third-order valence-electron chi connectivity index (χ3n) is 4.08. The average molecular weight is 389 g/mol. The van der Waals surface area contributed by atoms with E-state index in [0.29, 0.717) is 22.6 Å². The first kappa shape index (κ1) is 19.8. The summed E-state index contributed by atoms with van der Waals surface area (Å²) in [6.07, 6.45) is 2.97. The van der Waals surface area contributed by atoms with Gasteiger partial charge in [0.25, 0.3) is 0 Å². The van der Waals surface area contributed by atoms with Gasteiger partial charge in [-0.3, -0.25) is 4.79 Å². The highest BCUT2D eigenvalue weighted by atomic mass is 19.1. The number of benzene rings is 3. The summed E-state index contributed by atoms with van der Waals surface area (Å²) in [7, 11) is 0. The van der Waals surface area contributed by atoms with E-state index in [1.807, 2.05) is 25.1 Å². The number of rotatable bonds is 5. The Bertz CT molecular complexity index is 1030. The summed E-state index contributed by atoms with van der Waals surface area (Å²) < 4.78 is 12.9. The second kappa shape index (κ2) is 9.32. The molecule has 0 unspecified atom stereocenters. The van der Waals surface area contributed by atoms with Crippen molar-refractivity contribution >= 4 is 35.1 Å². The summed E-state index contributed by atoms with van der Waals surface area (Å²) in [5.41, 5.74) is 3.36. The molecule has 0 spiro atoms. The minimum absolute atomic E-state index is 0.330. The molecule has 0 radical (unpaired) electrons. The van der Waals surface area contributed by atoms with Crippen LogP contribution in [0.4, 0.5) is 26.2 Å². The second-order valence-electron chi connectivity index (χ2n) is 6.35. The van der Waals surface area contributed by atoms with Gasteiger partial charge in [-0.2, -0.15) is 0 Å². The molecule has 0 saturated heterocycles. The van der Waals surface area contributed by atoms with Gasteiger partial charge in [0.05, 0.1) is 0 Å². The first-order valence-corrected chi connectivity index (χ1v) is 8.98. The number of hydrogen-bond donors (Lipinski definition) is 3. The van der Waals surface area contributed by atoms with Crippen molar-refractivity contribution in [2.24, 2.45) is 0 Å². The van der Waals surface area contributed by atoms with Gasteiger partial charge in [0, 0.05) is 23.1 Å². The quantitative estimate of drug-likeness (QED) is 0.509. The molecule has 0 bridgehead atoms. The smallest absolute Gasteiger partial charge is 0.322 e. The van der Waals surface area contributed by atoms with Gasteiger partial charge in [-0.25, -0.2) is 9.18 Å². The standard InChI is InChI=1S/C23H20FN3O2/c1-16-7-13-20(26-23(29)25-19-5-3-2-4-6-19)15-21(16)27-22(28)14-10-17-8-11-18(24)12-9-17/h2-15H,1H3,(H,27,28)(H2,25,26,29)/b14-10+. The summed E-state index contributed by atoms with van der Waals surface area (Å²) >= 11 is 0. The number of carbonyl (C=O) groups is 2. The lowest BCUT2D eigenvalue weighted by Gasteiger charge is -2.11. The molecule has 0 aliphatic carbocycles. The van der Waals surface area contributed by atoms with Crippen molar-refractivity contribution in [3.63, 3.8) is 0 Å².